The number of nitrogens with zero attached hydrogens (tertiary/aromatic N) is 3. The molecule has 28 heavy (non-hydrogen) atoms. The maximum Gasteiger partial charge on any atom is 0.342 e. The Morgan fingerprint density at radius 2 is 1.93 bits per heavy atom. The lowest BCUT2D eigenvalue weighted by molar-refractivity contribution is 0.0527. The maximum absolute atomic E-state index is 13.0. The number of esters is 1. The molecular weight excluding hydrogens is 356 g/mol. The van der Waals surface area contributed by atoms with E-state index in [4.69, 9.17) is 4.74 Å². The number of ether oxygens (including phenoxy) is 1. The van der Waals surface area contributed by atoms with Crippen molar-refractivity contribution < 1.29 is 9.53 Å². The largest absolute Gasteiger partial charge is 0.462 e. The zero-order valence-electron chi connectivity index (χ0n) is 16.1. The number of pyridine rings is 1. The van der Waals surface area contributed by atoms with Crippen molar-refractivity contribution in [3.63, 3.8) is 0 Å². The van der Waals surface area contributed by atoms with Gasteiger partial charge in [-0.1, -0.05) is 29.8 Å². The van der Waals surface area contributed by atoms with Crippen molar-refractivity contribution in [1.29, 1.82) is 0 Å². The number of carbonyl (C=O) groups is 1. The predicted molar refractivity (Wildman–Crippen MR) is 108 cm³/mol. The lowest BCUT2D eigenvalue weighted by atomic mass is 10.0. The van der Waals surface area contributed by atoms with Gasteiger partial charge >= 0.3 is 5.97 Å². The number of aryl methyl sites for hydroxylation is 2. The fraction of sp³-hybridized carbons (Fsp3) is 0.238. The highest BCUT2D eigenvalue weighted by Crippen LogP contribution is 2.28. The molecule has 7 nitrogen and oxygen atoms in total. The molecule has 3 aromatic rings. The van der Waals surface area contributed by atoms with Gasteiger partial charge in [0, 0.05) is 18.3 Å². The van der Waals surface area contributed by atoms with Gasteiger partial charge in [0.05, 0.1) is 18.5 Å². The molecule has 0 spiro atoms. The zero-order valence-corrected chi connectivity index (χ0v) is 16.1. The molecule has 0 bridgehead atoms. The highest BCUT2D eigenvalue weighted by Gasteiger charge is 2.25. The van der Waals surface area contributed by atoms with Crippen molar-refractivity contribution in [3.05, 3.63) is 70.3 Å². The quantitative estimate of drug-likeness (QED) is 0.660. The monoisotopic (exact) mass is 378 g/mol. The van der Waals surface area contributed by atoms with Gasteiger partial charge in [0.1, 0.15) is 16.9 Å². The van der Waals surface area contributed by atoms with Gasteiger partial charge in [0.25, 0.3) is 5.56 Å². The van der Waals surface area contributed by atoms with E-state index in [-0.39, 0.29) is 17.9 Å². The number of aromatic nitrogens is 3. The minimum Gasteiger partial charge on any atom is -0.462 e. The van der Waals surface area contributed by atoms with Crippen LogP contribution in [0.2, 0.25) is 0 Å². The fourth-order valence-corrected chi connectivity index (χ4v) is 2.80. The lowest BCUT2D eigenvalue weighted by Crippen LogP contribution is -2.29. The van der Waals surface area contributed by atoms with Crippen LogP contribution in [0.25, 0.3) is 11.3 Å². The standard InChI is InChI=1S/C21H22N4O3/c1-4-25-20(26)19(23-16-7-6-12-22-13-16)17(21(27)28-5-2)18(24-25)15-10-8-14(3)9-11-15/h6-13,23H,4-5H2,1-3H3. The van der Waals surface area contributed by atoms with Crippen molar-refractivity contribution in [1.82, 2.24) is 14.8 Å². The van der Waals surface area contributed by atoms with E-state index in [1.54, 1.807) is 31.5 Å². The molecule has 144 valence electrons. The van der Waals surface area contributed by atoms with Gasteiger partial charge in [0.15, 0.2) is 0 Å². The molecule has 0 saturated carbocycles. The number of anilines is 2. The van der Waals surface area contributed by atoms with Crippen molar-refractivity contribution >= 4 is 17.3 Å². The van der Waals surface area contributed by atoms with E-state index in [0.717, 1.165) is 11.1 Å². The second-order valence-corrected chi connectivity index (χ2v) is 6.17. The number of nitrogens with one attached hydrogen (secondary N) is 1. The molecule has 0 unspecified atom stereocenters. The molecule has 0 aliphatic heterocycles. The predicted octanol–water partition coefficient (Wildman–Crippen LogP) is 3.55. The summed E-state index contributed by atoms with van der Waals surface area (Å²) >= 11 is 0. The van der Waals surface area contributed by atoms with Gasteiger partial charge in [-0.25, -0.2) is 9.48 Å². The maximum atomic E-state index is 13.0. The summed E-state index contributed by atoms with van der Waals surface area (Å²) in [7, 11) is 0. The highest BCUT2D eigenvalue weighted by atomic mass is 16.5. The summed E-state index contributed by atoms with van der Waals surface area (Å²) in [5, 5.41) is 7.48. The first kappa shape index (κ1) is 19.3. The lowest BCUT2D eigenvalue weighted by Gasteiger charge is -2.16. The van der Waals surface area contributed by atoms with Gasteiger partial charge in [-0.2, -0.15) is 5.10 Å². The topological polar surface area (TPSA) is 86.1 Å². The van der Waals surface area contributed by atoms with Crippen LogP contribution in [-0.4, -0.2) is 27.3 Å². The molecule has 0 amide bonds. The van der Waals surface area contributed by atoms with Crippen molar-refractivity contribution in [2.45, 2.75) is 27.3 Å². The van der Waals surface area contributed by atoms with Crippen LogP contribution in [-0.2, 0) is 11.3 Å². The number of hydrogen-bond donors (Lipinski definition) is 1. The Morgan fingerprint density at radius 1 is 1.18 bits per heavy atom. The van der Waals surface area contributed by atoms with Crippen LogP contribution < -0.4 is 10.9 Å². The van der Waals surface area contributed by atoms with Gasteiger partial charge in [-0.3, -0.25) is 9.78 Å². The second-order valence-electron chi connectivity index (χ2n) is 6.17. The van der Waals surface area contributed by atoms with Crippen LogP contribution in [0.5, 0.6) is 0 Å². The van der Waals surface area contributed by atoms with Gasteiger partial charge < -0.3 is 10.1 Å². The summed E-state index contributed by atoms with van der Waals surface area (Å²) in [6.07, 6.45) is 3.21. The SMILES string of the molecule is CCOC(=O)c1c(-c2ccc(C)cc2)nn(CC)c(=O)c1Nc1cccnc1. The second kappa shape index (κ2) is 8.47. The molecular formula is C21H22N4O3. The first-order chi connectivity index (χ1) is 13.5. The molecule has 0 radical (unpaired) electrons. The van der Waals surface area contributed by atoms with Crippen LogP contribution in [0, 0.1) is 6.92 Å². The van der Waals surface area contributed by atoms with Crippen LogP contribution in [0.15, 0.2) is 53.6 Å². The fourth-order valence-electron chi connectivity index (χ4n) is 2.80. The Bertz CT molecular complexity index is 1030. The molecule has 2 heterocycles. The Morgan fingerprint density at radius 3 is 2.54 bits per heavy atom. The minimum atomic E-state index is -0.600. The first-order valence-corrected chi connectivity index (χ1v) is 9.11. The molecule has 7 heteroatoms. The average Bonchev–Trinajstić information content (AvgIpc) is 2.71. The summed E-state index contributed by atoms with van der Waals surface area (Å²) in [6.45, 7) is 6.08. The van der Waals surface area contributed by atoms with Crippen LogP contribution >= 0.6 is 0 Å². The smallest absolute Gasteiger partial charge is 0.342 e. The summed E-state index contributed by atoms with van der Waals surface area (Å²) in [6, 6.07) is 11.1. The minimum absolute atomic E-state index is 0.115. The van der Waals surface area contributed by atoms with Gasteiger partial charge in [0.2, 0.25) is 0 Å². The molecule has 0 aliphatic carbocycles. The molecule has 3 rings (SSSR count). The van der Waals surface area contributed by atoms with Crippen LogP contribution in [0.1, 0.15) is 29.8 Å². The third-order valence-electron chi connectivity index (χ3n) is 4.19. The number of carbonyl (C=O) groups excluding carboxylic acids is 1. The Hall–Kier alpha value is -3.48. The summed E-state index contributed by atoms with van der Waals surface area (Å²) in [4.78, 5) is 29.8. The molecule has 0 saturated heterocycles. The molecule has 1 N–H and O–H groups in total. The molecule has 0 aliphatic rings. The molecule has 0 fully saturated rings. The summed E-state index contributed by atoms with van der Waals surface area (Å²) in [5.41, 5.74) is 2.64. The van der Waals surface area contributed by atoms with Gasteiger partial charge in [-0.05, 0) is 32.9 Å². The van der Waals surface area contributed by atoms with E-state index in [0.29, 0.717) is 17.9 Å². The number of rotatable bonds is 6. The Balaban J connectivity index is 2.28. The number of hydrogen-bond acceptors (Lipinski definition) is 6. The summed E-state index contributed by atoms with van der Waals surface area (Å²) in [5.74, 6) is -0.600. The Kier molecular flexibility index (Phi) is 5.84. The first-order valence-electron chi connectivity index (χ1n) is 9.11. The van der Waals surface area contributed by atoms with E-state index in [9.17, 15) is 9.59 Å². The third-order valence-corrected chi connectivity index (χ3v) is 4.19. The summed E-state index contributed by atoms with van der Waals surface area (Å²) < 4.78 is 6.57. The van der Waals surface area contributed by atoms with E-state index in [2.05, 4.69) is 15.4 Å². The van der Waals surface area contributed by atoms with Crippen molar-refractivity contribution in [3.8, 4) is 11.3 Å². The van der Waals surface area contributed by atoms with Crippen molar-refractivity contribution in [2.24, 2.45) is 0 Å². The number of benzene rings is 1. The van der Waals surface area contributed by atoms with E-state index < -0.39 is 11.5 Å². The normalized spacial score (nSPS) is 10.5. The van der Waals surface area contributed by atoms with Crippen LogP contribution in [0.3, 0.4) is 0 Å². The molecule has 2 aromatic heterocycles. The van der Waals surface area contributed by atoms with Gasteiger partial charge in [-0.15, -0.1) is 0 Å². The van der Waals surface area contributed by atoms with Crippen LogP contribution in [0.4, 0.5) is 11.4 Å². The average molecular weight is 378 g/mol. The Labute approximate surface area is 163 Å². The van der Waals surface area contributed by atoms with E-state index in [1.807, 2.05) is 38.1 Å². The highest BCUT2D eigenvalue weighted by molar-refractivity contribution is 6.02. The molecule has 0 atom stereocenters. The van der Waals surface area contributed by atoms with Crippen molar-refractivity contribution in [2.75, 3.05) is 11.9 Å². The zero-order chi connectivity index (χ0) is 20.1. The van der Waals surface area contributed by atoms with E-state index in [1.165, 1.54) is 4.68 Å². The third kappa shape index (κ3) is 3.93. The van der Waals surface area contributed by atoms with E-state index >= 15 is 0 Å². The molecule has 1 aromatic carbocycles.